The van der Waals surface area contributed by atoms with Gasteiger partial charge in [0.15, 0.2) is 5.75 Å². The van der Waals surface area contributed by atoms with Crippen molar-refractivity contribution in [3.63, 3.8) is 0 Å². The van der Waals surface area contributed by atoms with Crippen molar-refractivity contribution in [2.24, 2.45) is 5.73 Å². The Bertz CT molecular complexity index is 916. The number of carbonyl (C=O) groups excluding carboxylic acids is 3. The van der Waals surface area contributed by atoms with E-state index >= 15 is 0 Å². The number of nitrogens with two attached hydrogens (primary N) is 1. The van der Waals surface area contributed by atoms with E-state index < -0.39 is 18.0 Å². The van der Waals surface area contributed by atoms with Gasteiger partial charge in [-0.3, -0.25) is 10.1 Å². The summed E-state index contributed by atoms with van der Waals surface area (Å²) in [6.07, 6.45) is 1.24. The lowest BCUT2D eigenvalue weighted by Gasteiger charge is -2.15. The van der Waals surface area contributed by atoms with Gasteiger partial charge in [-0.25, -0.2) is 14.6 Å². The maximum atomic E-state index is 12.4. The Kier molecular flexibility index (Phi) is 9.23. The highest BCUT2D eigenvalue weighted by Gasteiger charge is 2.19. The summed E-state index contributed by atoms with van der Waals surface area (Å²) in [6, 6.07) is 8.28. The Balaban J connectivity index is 2.23. The molecular formula is C21H24ClN3O6. The second kappa shape index (κ2) is 11.9. The van der Waals surface area contributed by atoms with Crippen LogP contribution in [-0.4, -0.2) is 35.6 Å². The quantitative estimate of drug-likeness (QED) is 0.558. The van der Waals surface area contributed by atoms with Crippen molar-refractivity contribution in [2.75, 3.05) is 6.54 Å². The second-order valence-electron chi connectivity index (χ2n) is 6.43. The number of rotatable bonds is 9. The molecule has 0 spiro atoms. The van der Waals surface area contributed by atoms with Gasteiger partial charge in [0.1, 0.15) is 12.7 Å². The standard InChI is InChI=1S/C21H24ClN3O6/c1-3-16(4-2)30-20(27)14-9-17(29-12-13-5-7-15(22)8-6-13)19(24-11-14)31-21(28)25-18(26)10-23/h5-9,11,16H,3-4,10,12,23H2,1-2H3,(H,25,26,28). The summed E-state index contributed by atoms with van der Waals surface area (Å²) in [5.74, 6) is -1.51. The lowest BCUT2D eigenvalue weighted by molar-refractivity contribution is -0.118. The molecule has 0 radical (unpaired) electrons. The smallest absolute Gasteiger partial charge is 0.420 e. The van der Waals surface area contributed by atoms with Gasteiger partial charge in [-0.1, -0.05) is 37.6 Å². The Labute approximate surface area is 184 Å². The highest BCUT2D eigenvalue weighted by molar-refractivity contribution is 6.30. The van der Waals surface area contributed by atoms with Crippen molar-refractivity contribution >= 4 is 29.6 Å². The number of benzene rings is 1. The number of hydrogen-bond donors (Lipinski definition) is 2. The lowest BCUT2D eigenvalue weighted by atomic mass is 10.2. The number of imide groups is 1. The number of hydrogen-bond acceptors (Lipinski definition) is 8. The third-order valence-corrected chi connectivity index (χ3v) is 4.41. The molecule has 2 rings (SSSR count). The van der Waals surface area contributed by atoms with Crippen molar-refractivity contribution in [3.05, 3.63) is 52.7 Å². The molecule has 0 aliphatic heterocycles. The maximum Gasteiger partial charge on any atom is 0.420 e. The lowest BCUT2D eigenvalue weighted by Crippen LogP contribution is -2.37. The van der Waals surface area contributed by atoms with Crippen molar-refractivity contribution in [3.8, 4) is 11.6 Å². The molecule has 0 saturated carbocycles. The molecule has 3 N–H and O–H groups in total. The number of amides is 2. The molecule has 31 heavy (non-hydrogen) atoms. The van der Waals surface area contributed by atoms with Crippen LogP contribution in [0.25, 0.3) is 0 Å². The van der Waals surface area contributed by atoms with Crippen molar-refractivity contribution < 1.29 is 28.6 Å². The van der Waals surface area contributed by atoms with Gasteiger partial charge >= 0.3 is 12.1 Å². The van der Waals surface area contributed by atoms with Crippen LogP contribution in [0.4, 0.5) is 4.79 Å². The number of carbonyl (C=O) groups is 3. The van der Waals surface area contributed by atoms with E-state index in [-0.39, 0.29) is 36.4 Å². The zero-order chi connectivity index (χ0) is 22.8. The van der Waals surface area contributed by atoms with Crippen LogP contribution in [0.2, 0.25) is 5.02 Å². The first-order valence-electron chi connectivity index (χ1n) is 9.66. The Morgan fingerprint density at radius 1 is 1.16 bits per heavy atom. The summed E-state index contributed by atoms with van der Waals surface area (Å²) in [6.45, 7) is 3.53. The molecule has 2 amide bonds. The van der Waals surface area contributed by atoms with E-state index in [0.29, 0.717) is 17.9 Å². The van der Waals surface area contributed by atoms with Gasteiger partial charge < -0.3 is 19.9 Å². The molecule has 0 atom stereocenters. The van der Waals surface area contributed by atoms with Gasteiger partial charge in [-0.15, -0.1) is 0 Å². The molecule has 0 aliphatic rings. The number of aromatic nitrogens is 1. The van der Waals surface area contributed by atoms with Crippen LogP contribution in [0, 0.1) is 0 Å². The van der Waals surface area contributed by atoms with E-state index in [1.54, 1.807) is 24.3 Å². The third kappa shape index (κ3) is 7.54. The third-order valence-electron chi connectivity index (χ3n) is 4.16. The van der Waals surface area contributed by atoms with E-state index in [0.717, 1.165) is 5.56 Å². The monoisotopic (exact) mass is 449 g/mol. The molecule has 0 fully saturated rings. The van der Waals surface area contributed by atoms with Gasteiger partial charge in [0.2, 0.25) is 5.91 Å². The minimum atomic E-state index is -1.08. The molecule has 10 heteroatoms. The van der Waals surface area contributed by atoms with E-state index in [9.17, 15) is 14.4 Å². The van der Waals surface area contributed by atoms with Gasteiger partial charge in [-0.05, 0) is 30.5 Å². The molecule has 9 nitrogen and oxygen atoms in total. The predicted octanol–water partition coefficient (Wildman–Crippen LogP) is 3.23. The molecule has 0 saturated heterocycles. The van der Waals surface area contributed by atoms with Crippen LogP contribution < -0.4 is 20.5 Å². The Morgan fingerprint density at radius 3 is 2.45 bits per heavy atom. The number of esters is 1. The number of nitrogens with one attached hydrogen (secondary N) is 1. The average Bonchev–Trinajstić information content (AvgIpc) is 2.77. The summed E-state index contributed by atoms with van der Waals surface area (Å²) >= 11 is 5.88. The van der Waals surface area contributed by atoms with E-state index in [1.165, 1.54) is 12.3 Å². The summed E-state index contributed by atoms with van der Waals surface area (Å²) in [5.41, 5.74) is 6.07. The molecule has 0 unspecified atom stereocenters. The van der Waals surface area contributed by atoms with Crippen LogP contribution in [0.3, 0.4) is 0 Å². The molecule has 1 aromatic carbocycles. The summed E-state index contributed by atoms with van der Waals surface area (Å²) < 4.78 is 16.2. The van der Waals surface area contributed by atoms with E-state index in [4.69, 9.17) is 31.5 Å². The number of ether oxygens (including phenoxy) is 3. The van der Waals surface area contributed by atoms with Gasteiger partial charge in [0.05, 0.1) is 12.1 Å². The van der Waals surface area contributed by atoms with E-state index in [2.05, 4.69) is 4.98 Å². The van der Waals surface area contributed by atoms with Crippen molar-refractivity contribution in [1.82, 2.24) is 10.3 Å². The van der Waals surface area contributed by atoms with Crippen LogP contribution in [0.1, 0.15) is 42.6 Å². The largest absolute Gasteiger partial charge is 0.483 e. The van der Waals surface area contributed by atoms with Crippen LogP contribution >= 0.6 is 11.6 Å². The van der Waals surface area contributed by atoms with Gasteiger partial charge in [0, 0.05) is 17.3 Å². The van der Waals surface area contributed by atoms with Gasteiger partial charge in [-0.2, -0.15) is 0 Å². The normalized spacial score (nSPS) is 10.5. The second-order valence-corrected chi connectivity index (χ2v) is 6.86. The summed E-state index contributed by atoms with van der Waals surface area (Å²) in [4.78, 5) is 39.6. The molecule has 0 aliphatic carbocycles. The van der Waals surface area contributed by atoms with Gasteiger partial charge in [0.25, 0.3) is 5.88 Å². The first-order valence-corrected chi connectivity index (χ1v) is 10.0. The minimum Gasteiger partial charge on any atom is -0.483 e. The van der Waals surface area contributed by atoms with E-state index in [1.807, 2.05) is 19.2 Å². The van der Waals surface area contributed by atoms with Crippen molar-refractivity contribution in [2.45, 2.75) is 39.4 Å². The molecule has 1 heterocycles. The first kappa shape index (κ1) is 24.1. The molecule has 166 valence electrons. The molecule has 0 bridgehead atoms. The predicted molar refractivity (Wildman–Crippen MR) is 113 cm³/mol. The fraction of sp³-hybridized carbons (Fsp3) is 0.333. The summed E-state index contributed by atoms with van der Waals surface area (Å²) in [7, 11) is 0. The topological polar surface area (TPSA) is 130 Å². The average molecular weight is 450 g/mol. The first-order chi connectivity index (χ1) is 14.9. The van der Waals surface area contributed by atoms with Crippen LogP contribution in [-0.2, 0) is 16.1 Å². The minimum absolute atomic E-state index is 0.0179. The SMILES string of the molecule is CCC(CC)OC(=O)c1cnc(OC(=O)NC(=O)CN)c(OCc2ccc(Cl)cc2)c1. The zero-order valence-corrected chi connectivity index (χ0v) is 18.0. The zero-order valence-electron chi connectivity index (χ0n) is 17.2. The van der Waals surface area contributed by atoms with Crippen molar-refractivity contribution in [1.29, 1.82) is 0 Å². The number of halogens is 1. The Morgan fingerprint density at radius 2 is 1.84 bits per heavy atom. The molecular weight excluding hydrogens is 426 g/mol. The fourth-order valence-corrected chi connectivity index (χ4v) is 2.54. The van der Waals surface area contributed by atoms with Crippen LogP contribution in [0.5, 0.6) is 11.6 Å². The summed E-state index contributed by atoms with van der Waals surface area (Å²) in [5, 5.41) is 2.51. The number of pyridine rings is 1. The maximum absolute atomic E-state index is 12.4. The van der Waals surface area contributed by atoms with Crippen LogP contribution in [0.15, 0.2) is 36.5 Å². The highest BCUT2D eigenvalue weighted by atomic mass is 35.5. The highest BCUT2D eigenvalue weighted by Crippen LogP contribution is 2.27. The number of nitrogens with zero attached hydrogens (tertiary/aromatic N) is 1. The fourth-order valence-electron chi connectivity index (χ4n) is 2.42. The molecule has 1 aromatic heterocycles. The Hall–Kier alpha value is -3.17. The molecule has 2 aromatic rings.